The summed E-state index contributed by atoms with van der Waals surface area (Å²) in [4.78, 5) is 8.85. The highest BCUT2D eigenvalue weighted by atomic mass is 16.7. The number of hydrogen-bond acceptors (Lipinski definition) is 6. The number of rotatable bonds is 4. The summed E-state index contributed by atoms with van der Waals surface area (Å²) >= 11 is 0. The fourth-order valence-electron chi connectivity index (χ4n) is 3.27. The Balaban J connectivity index is 1.44. The van der Waals surface area contributed by atoms with Crippen molar-refractivity contribution in [3.63, 3.8) is 0 Å². The molecule has 3 heterocycles. The third-order valence-corrected chi connectivity index (χ3v) is 5.00. The van der Waals surface area contributed by atoms with Gasteiger partial charge in [-0.3, -0.25) is 0 Å². The fourth-order valence-corrected chi connectivity index (χ4v) is 3.27. The summed E-state index contributed by atoms with van der Waals surface area (Å²) in [5.41, 5.74) is 5.31. The number of ether oxygens (including phenoxy) is 2. The first kappa shape index (κ1) is 16.6. The van der Waals surface area contributed by atoms with Crippen LogP contribution < -0.4 is 14.8 Å². The monoisotopic (exact) mass is 373 g/mol. The summed E-state index contributed by atoms with van der Waals surface area (Å²) in [5, 5.41) is 8.79. The molecule has 2 aromatic heterocycles. The molecule has 5 rings (SSSR count). The van der Waals surface area contributed by atoms with Gasteiger partial charge in [0, 0.05) is 6.54 Å². The van der Waals surface area contributed by atoms with Crippen LogP contribution in [0.3, 0.4) is 0 Å². The van der Waals surface area contributed by atoms with Crippen LogP contribution in [0.1, 0.15) is 16.7 Å². The molecule has 0 unspecified atom stereocenters. The smallest absolute Gasteiger partial charge is 0.231 e. The first-order valence-electron chi connectivity index (χ1n) is 9.08. The summed E-state index contributed by atoms with van der Waals surface area (Å²) in [6.45, 7) is 5.08. The molecule has 1 N–H and O–H groups in total. The molecule has 4 aromatic rings. The minimum absolute atomic E-state index is 0.274. The molecule has 0 fully saturated rings. The third-order valence-electron chi connectivity index (χ3n) is 5.00. The second kappa shape index (κ2) is 6.53. The van der Waals surface area contributed by atoms with E-state index in [-0.39, 0.29) is 6.79 Å². The van der Waals surface area contributed by atoms with Crippen molar-refractivity contribution in [2.45, 2.75) is 20.4 Å². The molecule has 140 valence electrons. The molecular formula is C21H19N5O2. The van der Waals surface area contributed by atoms with Crippen molar-refractivity contribution in [3.05, 3.63) is 65.6 Å². The van der Waals surface area contributed by atoms with Gasteiger partial charge < -0.3 is 14.8 Å². The van der Waals surface area contributed by atoms with E-state index >= 15 is 0 Å². The Bertz CT molecular complexity index is 1180. The van der Waals surface area contributed by atoms with E-state index in [0.717, 1.165) is 39.6 Å². The number of nitrogens with zero attached hydrogens (tertiary/aromatic N) is 4. The lowest BCUT2D eigenvalue weighted by atomic mass is 10.1. The Morgan fingerprint density at radius 1 is 1.00 bits per heavy atom. The molecule has 2 aromatic carbocycles. The van der Waals surface area contributed by atoms with Crippen molar-refractivity contribution in [1.29, 1.82) is 0 Å². The summed E-state index contributed by atoms with van der Waals surface area (Å²) in [7, 11) is 0. The molecule has 0 amide bonds. The van der Waals surface area contributed by atoms with E-state index in [4.69, 9.17) is 9.47 Å². The number of aromatic nitrogens is 4. The van der Waals surface area contributed by atoms with Crippen LogP contribution in [0.15, 0.2) is 48.9 Å². The summed E-state index contributed by atoms with van der Waals surface area (Å²) < 4.78 is 12.6. The van der Waals surface area contributed by atoms with Gasteiger partial charge in [-0.05, 0) is 54.8 Å². The second-order valence-corrected chi connectivity index (χ2v) is 6.83. The molecule has 28 heavy (non-hydrogen) atoms. The first-order chi connectivity index (χ1) is 13.7. The highest BCUT2D eigenvalue weighted by Gasteiger charge is 2.14. The number of hydrogen-bond donors (Lipinski definition) is 1. The van der Waals surface area contributed by atoms with Crippen LogP contribution in [0.25, 0.3) is 16.7 Å². The normalized spacial score (nSPS) is 12.5. The Labute approximate surface area is 162 Å². The van der Waals surface area contributed by atoms with E-state index in [9.17, 15) is 0 Å². The lowest BCUT2D eigenvalue weighted by Crippen LogP contribution is -2.03. The van der Waals surface area contributed by atoms with Crippen molar-refractivity contribution >= 4 is 16.9 Å². The quantitative estimate of drug-likeness (QED) is 0.587. The summed E-state index contributed by atoms with van der Waals surface area (Å²) in [6, 6.07) is 12.2. The van der Waals surface area contributed by atoms with Crippen LogP contribution in [0.5, 0.6) is 11.5 Å². The van der Waals surface area contributed by atoms with Crippen LogP contribution in [-0.4, -0.2) is 26.5 Å². The van der Waals surface area contributed by atoms with Gasteiger partial charge in [-0.25, -0.2) is 14.6 Å². The summed E-state index contributed by atoms with van der Waals surface area (Å²) in [5.74, 6) is 2.30. The summed E-state index contributed by atoms with van der Waals surface area (Å²) in [6.07, 6.45) is 3.36. The Kier molecular flexibility index (Phi) is 3.86. The zero-order chi connectivity index (χ0) is 19.1. The average molecular weight is 373 g/mol. The third kappa shape index (κ3) is 2.81. The standard InChI is InChI=1S/C21H19N5O2/c1-13-3-5-16(7-14(13)2)26-21-17(10-25-26)20(23-11-24-21)22-9-15-4-6-18-19(8-15)28-12-27-18/h3-8,10-11H,9,12H2,1-2H3,(H,22,23,24). The maximum atomic E-state index is 5.44. The van der Waals surface area contributed by atoms with Crippen LogP contribution >= 0.6 is 0 Å². The minimum Gasteiger partial charge on any atom is -0.454 e. The average Bonchev–Trinajstić information content (AvgIpc) is 3.35. The number of aryl methyl sites for hydroxylation is 2. The number of anilines is 1. The maximum Gasteiger partial charge on any atom is 0.231 e. The van der Waals surface area contributed by atoms with Crippen LogP contribution in [0, 0.1) is 13.8 Å². The van der Waals surface area contributed by atoms with Gasteiger partial charge in [0.25, 0.3) is 0 Å². The predicted octanol–water partition coefficient (Wildman–Crippen LogP) is 3.77. The number of fused-ring (bicyclic) bond motifs is 2. The number of benzene rings is 2. The van der Waals surface area contributed by atoms with E-state index in [1.807, 2.05) is 22.9 Å². The van der Waals surface area contributed by atoms with Gasteiger partial charge in [-0.1, -0.05) is 12.1 Å². The molecule has 0 saturated heterocycles. The molecule has 1 aliphatic rings. The molecule has 0 aliphatic carbocycles. The van der Waals surface area contributed by atoms with Gasteiger partial charge >= 0.3 is 0 Å². The van der Waals surface area contributed by atoms with Gasteiger partial charge in [-0.2, -0.15) is 5.10 Å². The van der Waals surface area contributed by atoms with E-state index < -0.39 is 0 Å². The lowest BCUT2D eigenvalue weighted by Gasteiger charge is -2.08. The SMILES string of the molecule is Cc1ccc(-n2ncc3c(NCc4ccc5c(c4)OCO5)ncnc32)cc1C. The van der Waals surface area contributed by atoms with E-state index in [1.165, 1.54) is 11.1 Å². The van der Waals surface area contributed by atoms with E-state index in [0.29, 0.717) is 6.54 Å². The van der Waals surface area contributed by atoms with Gasteiger partial charge in [0.1, 0.15) is 12.1 Å². The van der Waals surface area contributed by atoms with Crippen molar-refractivity contribution < 1.29 is 9.47 Å². The van der Waals surface area contributed by atoms with Gasteiger partial charge in [0.2, 0.25) is 6.79 Å². The molecule has 7 nitrogen and oxygen atoms in total. The molecule has 0 radical (unpaired) electrons. The predicted molar refractivity (Wildman–Crippen MR) is 106 cm³/mol. The molecule has 0 atom stereocenters. The Morgan fingerprint density at radius 2 is 1.89 bits per heavy atom. The highest BCUT2D eigenvalue weighted by Crippen LogP contribution is 2.32. The van der Waals surface area contributed by atoms with Gasteiger partial charge in [0.05, 0.1) is 17.3 Å². The Hall–Kier alpha value is -3.61. The molecule has 0 spiro atoms. The van der Waals surface area contributed by atoms with Crippen LogP contribution in [0.2, 0.25) is 0 Å². The van der Waals surface area contributed by atoms with Crippen molar-refractivity contribution in [2.75, 3.05) is 12.1 Å². The lowest BCUT2D eigenvalue weighted by molar-refractivity contribution is 0.174. The van der Waals surface area contributed by atoms with Gasteiger partial charge in [-0.15, -0.1) is 0 Å². The Morgan fingerprint density at radius 3 is 2.79 bits per heavy atom. The maximum absolute atomic E-state index is 5.44. The second-order valence-electron chi connectivity index (χ2n) is 6.83. The largest absolute Gasteiger partial charge is 0.454 e. The number of nitrogens with one attached hydrogen (secondary N) is 1. The van der Waals surface area contributed by atoms with Crippen LogP contribution in [-0.2, 0) is 6.54 Å². The highest BCUT2D eigenvalue weighted by molar-refractivity contribution is 5.87. The van der Waals surface area contributed by atoms with Crippen molar-refractivity contribution in [3.8, 4) is 17.2 Å². The first-order valence-corrected chi connectivity index (χ1v) is 9.08. The molecule has 7 heteroatoms. The fraction of sp³-hybridized carbons (Fsp3) is 0.190. The van der Waals surface area contributed by atoms with Crippen LogP contribution in [0.4, 0.5) is 5.82 Å². The molecular weight excluding hydrogens is 354 g/mol. The zero-order valence-corrected chi connectivity index (χ0v) is 15.6. The molecule has 1 aliphatic heterocycles. The van der Waals surface area contributed by atoms with Crippen molar-refractivity contribution in [1.82, 2.24) is 19.7 Å². The van der Waals surface area contributed by atoms with E-state index in [2.05, 4.69) is 52.4 Å². The minimum atomic E-state index is 0.274. The molecule has 0 saturated carbocycles. The van der Waals surface area contributed by atoms with Crippen molar-refractivity contribution in [2.24, 2.45) is 0 Å². The van der Waals surface area contributed by atoms with E-state index in [1.54, 1.807) is 12.5 Å². The molecule has 0 bridgehead atoms. The zero-order valence-electron chi connectivity index (χ0n) is 15.6. The topological polar surface area (TPSA) is 74.1 Å². The van der Waals surface area contributed by atoms with Gasteiger partial charge in [0.15, 0.2) is 17.1 Å².